The summed E-state index contributed by atoms with van der Waals surface area (Å²) in [4.78, 5) is 12.1. The average Bonchev–Trinajstić information content (AvgIpc) is 2.33. The second kappa shape index (κ2) is 4.40. The Hall–Kier alpha value is 0.140. The highest BCUT2D eigenvalue weighted by Gasteiger charge is 2.10. The van der Waals surface area contributed by atoms with E-state index in [1.165, 1.54) is 11.3 Å². The molecule has 0 spiro atoms. The molecule has 0 N–H and O–H groups in total. The summed E-state index contributed by atoms with van der Waals surface area (Å²) in [7, 11) is 0. The van der Waals surface area contributed by atoms with Gasteiger partial charge in [0.25, 0.3) is 0 Å². The number of rotatable bonds is 3. The van der Waals surface area contributed by atoms with Crippen LogP contribution in [-0.2, 0) is 0 Å². The molecule has 1 nitrogen and oxygen atoms in total. The molecule has 0 amide bonds. The lowest BCUT2D eigenvalue weighted by atomic mass is 10.2. The Morgan fingerprint density at radius 2 is 2.42 bits per heavy atom. The fourth-order valence-corrected chi connectivity index (χ4v) is 2.50. The van der Waals surface area contributed by atoms with Crippen LogP contribution in [0.25, 0.3) is 0 Å². The van der Waals surface area contributed by atoms with Crippen molar-refractivity contribution in [2.45, 2.75) is 19.8 Å². The van der Waals surface area contributed by atoms with Crippen LogP contribution < -0.4 is 0 Å². The SMILES string of the molecule is CCCC(=O)c1cc(Br)c(Cl)s1. The second-order valence-electron chi connectivity index (χ2n) is 2.41. The van der Waals surface area contributed by atoms with Crippen LogP contribution in [0.1, 0.15) is 29.4 Å². The molecular formula is C8H8BrClOS. The minimum absolute atomic E-state index is 0.176. The van der Waals surface area contributed by atoms with Gasteiger partial charge in [-0.1, -0.05) is 18.5 Å². The van der Waals surface area contributed by atoms with E-state index in [2.05, 4.69) is 15.9 Å². The summed E-state index contributed by atoms with van der Waals surface area (Å²) in [5.41, 5.74) is 0. The first-order valence-electron chi connectivity index (χ1n) is 3.63. The molecule has 12 heavy (non-hydrogen) atoms. The summed E-state index contributed by atoms with van der Waals surface area (Å²) in [6.07, 6.45) is 1.48. The van der Waals surface area contributed by atoms with E-state index in [4.69, 9.17) is 11.6 Å². The van der Waals surface area contributed by atoms with Gasteiger partial charge in [-0.05, 0) is 28.4 Å². The average molecular weight is 268 g/mol. The molecule has 0 unspecified atom stereocenters. The van der Waals surface area contributed by atoms with Crippen molar-refractivity contribution in [1.29, 1.82) is 0 Å². The Kier molecular flexibility index (Phi) is 3.75. The van der Waals surface area contributed by atoms with Crippen molar-refractivity contribution in [2.75, 3.05) is 0 Å². The van der Waals surface area contributed by atoms with E-state index in [9.17, 15) is 4.79 Å². The molecule has 0 saturated carbocycles. The first kappa shape index (κ1) is 10.2. The third kappa shape index (κ3) is 2.31. The van der Waals surface area contributed by atoms with Crippen molar-refractivity contribution < 1.29 is 4.79 Å². The largest absolute Gasteiger partial charge is 0.293 e. The van der Waals surface area contributed by atoms with Gasteiger partial charge in [-0.15, -0.1) is 11.3 Å². The molecule has 0 aliphatic rings. The maximum Gasteiger partial charge on any atom is 0.172 e. The zero-order chi connectivity index (χ0) is 9.14. The first-order chi connectivity index (χ1) is 5.65. The summed E-state index contributed by atoms with van der Waals surface area (Å²) in [6, 6.07) is 1.78. The van der Waals surface area contributed by atoms with Crippen molar-refractivity contribution in [1.82, 2.24) is 0 Å². The van der Waals surface area contributed by atoms with E-state index in [0.29, 0.717) is 10.8 Å². The monoisotopic (exact) mass is 266 g/mol. The van der Waals surface area contributed by atoms with E-state index in [1.807, 2.05) is 6.92 Å². The Balaban J connectivity index is 2.82. The zero-order valence-electron chi connectivity index (χ0n) is 6.56. The predicted octanol–water partition coefficient (Wildman–Crippen LogP) is 4.15. The third-order valence-corrected chi connectivity index (χ3v) is 3.91. The maximum absolute atomic E-state index is 11.3. The highest BCUT2D eigenvalue weighted by Crippen LogP contribution is 2.32. The molecule has 0 atom stereocenters. The van der Waals surface area contributed by atoms with Gasteiger partial charge in [0.15, 0.2) is 5.78 Å². The van der Waals surface area contributed by atoms with Crippen LogP contribution >= 0.6 is 38.9 Å². The van der Waals surface area contributed by atoms with Crippen molar-refractivity contribution in [3.63, 3.8) is 0 Å². The van der Waals surface area contributed by atoms with Crippen LogP contribution in [-0.4, -0.2) is 5.78 Å². The number of Topliss-reactive ketones (excluding diaryl/α,β-unsaturated/α-hetero) is 1. The standard InChI is InChI=1S/C8H8BrClOS/c1-2-3-6(11)7-4-5(9)8(10)12-7/h4H,2-3H2,1H3. The highest BCUT2D eigenvalue weighted by molar-refractivity contribution is 9.10. The molecule has 0 aliphatic carbocycles. The van der Waals surface area contributed by atoms with Crippen molar-refractivity contribution >= 4 is 44.7 Å². The lowest BCUT2D eigenvalue weighted by Gasteiger charge is -1.90. The number of halogens is 2. The van der Waals surface area contributed by atoms with Gasteiger partial charge in [0.2, 0.25) is 0 Å². The van der Waals surface area contributed by atoms with E-state index in [0.717, 1.165) is 15.8 Å². The van der Waals surface area contributed by atoms with Crippen molar-refractivity contribution in [2.24, 2.45) is 0 Å². The van der Waals surface area contributed by atoms with Gasteiger partial charge < -0.3 is 0 Å². The lowest BCUT2D eigenvalue weighted by molar-refractivity contribution is 0.0985. The fraction of sp³-hybridized carbons (Fsp3) is 0.375. The number of carbonyl (C=O) groups excluding carboxylic acids is 1. The molecule has 0 aliphatic heterocycles. The van der Waals surface area contributed by atoms with E-state index < -0.39 is 0 Å². The normalized spacial score (nSPS) is 10.2. The molecule has 0 fully saturated rings. The lowest BCUT2D eigenvalue weighted by Crippen LogP contribution is -1.93. The van der Waals surface area contributed by atoms with E-state index in [-0.39, 0.29) is 5.78 Å². The molecule has 1 aromatic heterocycles. The van der Waals surface area contributed by atoms with Crippen molar-refractivity contribution in [3.05, 3.63) is 19.8 Å². The zero-order valence-corrected chi connectivity index (χ0v) is 9.72. The highest BCUT2D eigenvalue weighted by atomic mass is 79.9. The van der Waals surface area contributed by atoms with Crippen molar-refractivity contribution in [3.8, 4) is 0 Å². The van der Waals surface area contributed by atoms with Crippen LogP contribution in [0.3, 0.4) is 0 Å². The van der Waals surface area contributed by atoms with Gasteiger partial charge in [0.1, 0.15) is 4.34 Å². The minimum atomic E-state index is 0.176. The van der Waals surface area contributed by atoms with Crippen LogP contribution in [0, 0.1) is 0 Å². The topological polar surface area (TPSA) is 17.1 Å². The molecule has 0 saturated heterocycles. The smallest absolute Gasteiger partial charge is 0.172 e. The Morgan fingerprint density at radius 3 is 2.83 bits per heavy atom. The van der Waals surface area contributed by atoms with Crippen LogP contribution in [0.15, 0.2) is 10.5 Å². The molecule has 0 bridgehead atoms. The van der Waals surface area contributed by atoms with Gasteiger partial charge in [-0.25, -0.2) is 0 Å². The molecule has 1 aromatic rings. The predicted molar refractivity (Wildman–Crippen MR) is 56.3 cm³/mol. The van der Waals surface area contributed by atoms with E-state index in [1.54, 1.807) is 6.07 Å². The van der Waals surface area contributed by atoms with Gasteiger partial charge >= 0.3 is 0 Å². The van der Waals surface area contributed by atoms with Crippen LogP contribution in [0.4, 0.5) is 0 Å². The summed E-state index contributed by atoms with van der Waals surface area (Å²) in [5.74, 6) is 0.176. The van der Waals surface area contributed by atoms with E-state index >= 15 is 0 Å². The molecule has 66 valence electrons. The summed E-state index contributed by atoms with van der Waals surface area (Å²) < 4.78 is 1.46. The fourth-order valence-electron chi connectivity index (χ4n) is 0.834. The molecule has 1 heterocycles. The molecule has 0 aromatic carbocycles. The maximum atomic E-state index is 11.3. The number of thiophene rings is 1. The number of hydrogen-bond acceptors (Lipinski definition) is 2. The van der Waals surface area contributed by atoms with Crippen LogP contribution in [0.2, 0.25) is 4.34 Å². The van der Waals surface area contributed by atoms with Gasteiger partial charge in [0.05, 0.1) is 4.88 Å². The van der Waals surface area contributed by atoms with Gasteiger partial charge in [-0.2, -0.15) is 0 Å². The Bertz CT molecular complexity index is 276. The number of hydrogen-bond donors (Lipinski definition) is 0. The Labute approximate surface area is 88.9 Å². The van der Waals surface area contributed by atoms with Gasteiger partial charge in [0, 0.05) is 10.9 Å². The minimum Gasteiger partial charge on any atom is -0.293 e. The molecule has 1 rings (SSSR count). The van der Waals surface area contributed by atoms with Crippen LogP contribution in [0.5, 0.6) is 0 Å². The molecular weight excluding hydrogens is 260 g/mol. The summed E-state index contributed by atoms with van der Waals surface area (Å²) in [6.45, 7) is 1.99. The summed E-state index contributed by atoms with van der Waals surface area (Å²) >= 11 is 10.4. The quantitative estimate of drug-likeness (QED) is 0.752. The molecule has 4 heteroatoms. The Morgan fingerprint density at radius 1 is 1.75 bits per heavy atom. The second-order valence-corrected chi connectivity index (χ2v) is 4.91. The first-order valence-corrected chi connectivity index (χ1v) is 5.62. The number of carbonyl (C=O) groups is 1. The molecule has 0 radical (unpaired) electrons. The summed E-state index contributed by atoms with van der Waals surface area (Å²) in [5, 5.41) is 0. The van der Waals surface area contributed by atoms with Gasteiger partial charge in [-0.3, -0.25) is 4.79 Å². The third-order valence-electron chi connectivity index (χ3n) is 1.40. The number of ketones is 1.